The molecule has 0 heterocycles. The number of para-hydroxylation sites is 1. The molecule has 0 fully saturated rings. The highest BCUT2D eigenvalue weighted by molar-refractivity contribution is 7.80. The summed E-state index contributed by atoms with van der Waals surface area (Å²) in [7, 11) is 0. The number of ether oxygens (including phenoxy) is 1. The van der Waals surface area contributed by atoms with Crippen LogP contribution in [0.3, 0.4) is 0 Å². The van der Waals surface area contributed by atoms with Crippen molar-refractivity contribution in [3.63, 3.8) is 0 Å². The summed E-state index contributed by atoms with van der Waals surface area (Å²) < 4.78 is 5.53. The summed E-state index contributed by atoms with van der Waals surface area (Å²) in [6.45, 7) is 6.14. The van der Waals surface area contributed by atoms with Crippen molar-refractivity contribution in [3.05, 3.63) is 30.3 Å². The second-order valence-electron chi connectivity index (χ2n) is 4.29. The van der Waals surface area contributed by atoms with Crippen LogP contribution in [0.2, 0.25) is 0 Å². The maximum absolute atomic E-state index is 11.7. The lowest BCUT2D eigenvalue weighted by Crippen LogP contribution is -2.42. The minimum absolute atomic E-state index is 0.0569. The highest BCUT2D eigenvalue weighted by atomic mass is 32.1. The highest BCUT2D eigenvalue weighted by Crippen LogP contribution is 2.08. The third kappa shape index (κ3) is 6.02. The first-order valence-electron chi connectivity index (χ1n) is 6.94. The van der Waals surface area contributed by atoms with Gasteiger partial charge in [0, 0.05) is 19.5 Å². The van der Waals surface area contributed by atoms with Gasteiger partial charge in [-0.2, -0.15) is 0 Å². The average Bonchev–Trinajstić information content (AvgIpc) is 2.46. The van der Waals surface area contributed by atoms with Gasteiger partial charge in [-0.3, -0.25) is 4.79 Å². The van der Waals surface area contributed by atoms with Gasteiger partial charge < -0.3 is 15.0 Å². The number of amides is 1. The molecule has 0 saturated heterocycles. The van der Waals surface area contributed by atoms with Crippen LogP contribution >= 0.6 is 12.2 Å². The fraction of sp³-hybridized carbons (Fsp3) is 0.467. The Morgan fingerprint density at radius 3 is 2.50 bits per heavy atom. The number of rotatable bonds is 7. The van der Waals surface area contributed by atoms with Crippen LogP contribution in [0.25, 0.3) is 0 Å². The molecule has 20 heavy (non-hydrogen) atoms. The maximum Gasteiger partial charge on any atom is 0.226 e. The van der Waals surface area contributed by atoms with Gasteiger partial charge in [-0.05, 0) is 44.6 Å². The lowest BCUT2D eigenvalue weighted by atomic mass is 10.3. The molecule has 110 valence electrons. The van der Waals surface area contributed by atoms with E-state index in [0.717, 1.165) is 18.8 Å². The van der Waals surface area contributed by atoms with Crippen LogP contribution in [0.5, 0.6) is 5.75 Å². The highest BCUT2D eigenvalue weighted by Gasteiger charge is 2.09. The Labute approximate surface area is 126 Å². The molecule has 0 atom stereocenters. The summed E-state index contributed by atoms with van der Waals surface area (Å²) >= 11 is 5.17. The topological polar surface area (TPSA) is 41.6 Å². The molecule has 1 aromatic rings. The van der Waals surface area contributed by atoms with E-state index in [1.807, 2.05) is 49.1 Å². The SMILES string of the molecule is CCN(CC)C(=S)NC(=O)CCCOc1ccccc1. The molecule has 1 N–H and O–H groups in total. The second-order valence-corrected chi connectivity index (χ2v) is 4.68. The fourth-order valence-corrected chi connectivity index (χ4v) is 2.08. The fourth-order valence-electron chi connectivity index (χ4n) is 1.71. The molecule has 0 aliphatic heterocycles. The Hall–Kier alpha value is -1.62. The van der Waals surface area contributed by atoms with Crippen molar-refractivity contribution >= 4 is 23.2 Å². The van der Waals surface area contributed by atoms with Crippen LogP contribution in [0.1, 0.15) is 26.7 Å². The Morgan fingerprint density at radius 2 is 1.90 bits per heavy atom. The molecule has 1 amide bonds. The molecule has 0 aliphatic rings. The predicted molar refractivity (Wildman–Crippen MR) is 84.8 cm³/mol. The summed E-state index contributed by atoms with van der Waals surface area (Å²) in [6, 6.07) is 9.58. The van der Waals surface area contributed by atoms with Crippen molar-refractivity contribution < 1.29 is 9.53 Å². The van der Waals surface area contributed by atoms with Crippen LogP contribution in [0.4, 0.5) is 0 Å². The van der Waals surface area contributed by atoms with Crippen molar-refractivity contribution in [2.75, 3.05) is 19.7 Å². The van der Waals surface area contributed by atoms with E-state index in [2.05, 4.69) is 5.32 Å². The summed E-state index contributed by atoms with van der Waals surface area (Å²) in [5.74, 6) is 0.769. The van der Waals surface area contributed by atoms with Gasteiger partial charge in [0.2, 0.25) is 5.91 Å². The summed E-state index contributed by atoms with van der Waals surface area (Å²) in [4.78, 5) is 13.7. The molecule has 0 bridgehead atoms. The van der Waals surface area contributed by atoms with Crippen molar-refractivity contribution in [2.24, 2.45) is 0 Å². The number of carbonyl (C=O) groups excluding carboxylic acids is 1. The third-order valence-electron chi connectivity index (χ3n) is 2.86. The van der Waals surface area contributed by atoms with Crippen molar-refractivity contribution in [1.29, 1.82) is 0 Å². The Kier molecular flexibility index (Phi) is 7.65. The zero-order valence-electron chi connectivity index (χ0n) is 12.1. The van der Waals surface area contributed by atoms with Gasteiger partial charge >= 0.3 is 0 Å². The van der Waals surface area contributed by atoms with Gasteiger partial charge in [0.1, 0.15) is 5.75 Å². The van der Waals surface area contributed by atoms with Gasteiger partial charge in [-0.1, -0.05) is 18.2 Å². The number of thiocarbonyl (C=S) groups is 1. The Balaban J connectivity index is 2.19. The van der Waals surface area contributed by atoms with Gasteiger partial charge in [0.15, 0.2) is 5.11 Å². The molecular weight excluding hydrogens is 272 g/mol. The first kappa shape index (κ1) is 16.4. The number of nitrogens with one attached hydrogen (secondary N) is 1. The zero-order chi connectivity index (χ0) is 14.8. The van der Waals surface area contributed by atoms with E-state index < -0.39 is 0 Å². The van der Waals surface area contributed by atoms with Gasteiger partial charge in [0.05, 0.1) is 6.61 Å². The van der Waals surface area contributed by atoms with E-state index in [9.17, 15) is 4.79 Å². The predicted octanol–water partition coefficient (Wildman–Crippen LogP) is 2.59. The minimum Gasteiger partial charge on any atom is -0.494 e. The van der Waals surface area contributed by atoms with Gasteiger partial charge in [0.25, 0.3) is 0 Å². The number of benzene rings is 1. The number of nitrogens with zero attached hydrogens (tertiary/aromatic N) is 1. The first-order chi connectivity index (χ1) is 9.67. The Morgan fingerprint density at radius 1 is 1.25 bits per heavy atom. The van der Waals surface area contributed by atoms with E-state index in [0.29, 0.717) is 24.6 Å². The third-order valence-corrected chi connectivity index (χ3v) is 3.22. The van der Waals surface area contributed by atoms with Crippen molar-refractivity contribution in [1.82, 2.24) is 10.2 Å². The normalized spacial score (nSPS) is 9.90. The summed E-state index contributed by atoms with van der Waals surface area (Å²) in [5, 5.41) is 3.25. The average molecular weight is 294 g/mol. The molecule has 5 heteroatoms. The van der Waals surface area contributed by atoms with E-state index in [4.69, 9.17) is 17.0 Å². The van der Waals surface area contributed by atoms with Crippen LogP contribution in [-0.4, -0.2) is 35.6 Å². The molecule has 1 rings (SSSR count). The molecule has 0 radical (unpaired) electrons. The van der Waals surface area contributed by atoms with Crippen LogP contribution in [0.15, 0.2) is 30.3 Å². The lowest BCUT2D eigenvalue weighted by Gasteiger charge is -2.21. The molecular formula is C15H22N2O2S. The number of hydrogen-bond acceptors (Lipinski definition) is 3. The first-order valence-corrected chi connectivity index (χ1v) is 7.34. The molecule has 0 spiro atoms. The van der Waals surface area contributed by atoms with E-state index in [-0.39, 0.29) is 5.91 Å². The molecule has 0 aromatic heterocycles. The number of carbonyl (C=O) groups is 1. The van der Waals surface area contributed by atoms with E-state index >= 15 is 0 Å². The second kappa shape index (κ2) is 9.31. The molecule has 0 saturated carbocycles. The van der Waals surface area contributed by atoms with Crippen molar-refractivity contribution in [3.8, 4) is 5.75 Å². The van der Waals surface area contributed by atoms with Crippen LogP contribution in [0, 0.1) is 0 Å². The lowest BCUT2D eigenvalue weighted by molar-refractivity contribution is -0.120. The van der Waals surface area contributed by atoms with Crippen LogP contribution in [-0.2, 0) is 4.79 Å². The minimum atomic E-state index is -0.0569. The van der Waals surface area contributed by atoms with E-state index in [1.165, 1.54) is 0 Å². The zero-order valence-corrected chi connectivity index (χ0v) is 12.9. The number of hydrogen-bond donors (Lipinski definition) is 1. The van der Waals surface area contributed by atoms with Gasteiger partial charge in [-0.25, -0.2) is 0 Å². The quantitative estimate of drug-likeness (QED) is 0.620. The largest absolute Gasteiger partial charge is 0.494 e. The van der Waals surface area contributed by atoms with Crippen molar-refractivity contribution in [2.45, 2.75) is 26.7 Å². The Bertz CT molecular complexity index is 419. The maximum atomic E-state index is 11.7. The standard InChI is InChI=1S/C15H22N2O2S/c1-3-17(4-2)15(20)16-14(18)11-8-12-19-13-9-6-5-7-10-13/h5-7,9-10H,3-4,8,11-12H2,1-2H3,(H,16,18,20). The molecule has 4 nitrogen and oxygen atoms in total. The smallest absolute Gasteiger partial charge is 0.226 e. The monoisotopic (exact) mass is 294 g/mol. The molecule has 0 unspecified atom stereocenters. The molecule has 1 aromatic carbocycles. The van der Waals surface area contributed by atoms with E-state index in [1.54, 1.807) is 0 Å². The summed E-state index contributed by atoms with van der Waals surface area (Å²) in [6.07, 6.45) is 1.08. The van der Waals surface area contributed by atoms with Gasteiger partial charge in [-0.15, -0.1) is 0 Å². The van der Waals surface area contributed by atoms with Crippen LogP contribution < -0.4 is 10.1 Å². The summed E-state index contributed by atoms with van der Waals surface area (Å²) in [5.41, 5.74) is 0. The molecule has 0 aliphatic carbocycles.